The third-order valence-electron chi connectivity index (χ3n) is 5.72. The number of amides is 1. The summed E-state index contributed by atoms with van der Waals surface area (Å²) < 4.78 is 8.23. The van der Waals surface area contributed by atoms with Gasteiger partial charge in [0, 0.05) is 25.6 Å². The predicted octanol–water partition coefficient (Wildman–Crippen LogP) is 1.62. The summed E-state index contributed by atoms with van der Waals surface area (Å²) in [5, 5.41) is 6.22. The maximum absolute atomic E-state index is 13.0. The van der Waals surface area contributed by atoms with Crippen LogP contribution < -0.4 is 26.6 Å². The monoisotopic (exact) mass is 509 g/mol. The number of hydrogen-bond acceptors (Lipinski definition) is 5. The Kier molecular flexibility index (Phi) is 7.40. The third-order valence-corrected chi connectivity index (χ3v) is 6.32. The Morgan fingerprint density at radius 1 is 1.30 bits per heavy atom. The fourth-order valence-corrected chi connectivity index (χ4v) is 4.72. The molecule has 7 nitrogen and oxygen atoms in total. The number of rotatable bonds is 9. The smallest absolute Gasteiger partial charge is 0.271 e. The van der Waals surface area contributed by atoms with Crippen molar-refractivity contribution in [3.63, 3.8) is 0 Å². The van der Waals surface area contributed by atoms with E-state index in [2.05, 4.69) is 63.7 Å². The van der Waals surface area contributed by atoms with Crippen molar-refractivity contribution in [3.8, 4) is 5.75 Å². The fraction of sp³-hybridized carbons (Fsp3) is 0.333. The number of nitrogens with one attached hydrogen (secondary N) is 2. The average molecular weight is 510 g/mol. The first-order valence-corrected chi connectivity index (χ1v) is 12.1. The lowest BCUT2D eigenvalue weighted by Gasteiger charge is -2.15. The van der Waals surface area contributed by atoms with Gasteiger partial charge in [-0.3, -0.25) is 4.79 Å². The number of aromatic nitrogens is 2. The molecule has 1 atom stereocenters. The lowest BCUT2D eigenvalue weighted by atomic mass is 9.90. The number of fused-ring (bicyclic) bond motifs is 1. The quantitative estimate of drug-likeness (QED) is 0.381. The molecule has 9 heteroatoms. The van der Waals surface area contributed by atoms with Gasteiger partial charge in [-0.25, -0.2) is 4.98 Å². The van der Waals surface area contributed by atoms with Gasteiger partial charge >= 0.3 is 0 Å². The summed E-state index contributed by atoms with van der Waals surface area (Å²) in [6.45, 7) is 4.17. The Bertz CT molecular complexity index is 1140. The largest absolute Gasteiger partial charge is 0.494 e. The van der Waals surface area contributed by atoms with Crippen LogP contribution in [0.1, 0.15) is 34.1 Å². The zero-order chi connectivity index (χ0) is 23.4. The van der Waals surface area contributed by atoms with Crippen LogP contribution in [0, 0.1) is 0 Å². The third kappa shape index (κ3) is 5.42. The number of carbonyl (C=O) groups is 1. The number of halogens is 1. The molecule has 4 rings (SSSR count). The van der Waals surface area contributed by atoms with Gasteiger partial charge in [0.2, 0.25) is 0 Å². The van der Waals surface area contributed by atoms with Crippen molar-refractivity contribution in [2.75, 3.05) is 25.0 Å². The minimum absolute atomic E-state index is 0.113. The Balaban J connectivity index is 1.56. The highest BCUT2D eigenvalue weighted by atomic mass is 79.9. The summed E-state index contributed by atoms with van der Waals surface area (Å²) >= 11 is 3.56. The van der Waals surface area contributed by atoms with Crippen LogP contribution >= 0.6 is 15.9 Å². The number of nitrogens with two attached hydrogens (primary N) is 1. The standard InChI is InChI=1S/C24H29BBrN5O2/c1-2-28-23(32)20-22(29-13-18(27)11-15-6-4-3-5-7-15)30-24(26)31(20)14-16-10-17-8-9-33-21(17)19(25)12-16/h3-7,10,12,18,29H,2,8-9,11,13-14,25,27H2,1H3,(H,28,32)/t18-/m1/s1. The Labute approximate surface area is 203 Å². The van der Waals surface area contributed by atoms with Crippen molar-refractivity contribution in [2.24, 2.45) is 5.73 Å². The van der Waals surface area contributed by atoms with Gasteiger partial charge in [0.25, 0.3) is 5.91 Å². The lowest BCUT2D eigenvalue weighted by Crippen LogP contribution is -2.32. The molecule has 0 fully saturated rings. The molecule has 0 radical (unpaired) electrons. The van der Waals surface area contributed by atoms with E-state index in [1.807, 2.05) is 29.7 Å². The SMILES string of the molecule is Bc1cc(Cn2c(Br)nc(NC[C@H](N)Cc3ccccc3)c2C(=O)NCC)cc2c1OCC2. The molecule has 1 amide bonds. The normalized spacial score (nSPS) is 13.3. The Morgan fingerprint density at radius 2 is 2.09 bits per heavy atom. The van der Waals surface area contributed by atoms with Gasteiger partial charge in [-0.2, -0.15) is 0 Å². The summed E-state index contributed by atoms with van der Waals surface area (Å²) in [5.74, 6) is 1.34. The van der Waals surface area contributed by atoms with Crippen LogP contribution in [0.15, 0.2) is 47.2 Å². The van der Waals surface area contributed by atoms with Crippen LogP contribution in [-0.4, -0.2) is 49.0 Å². The zero-order valence-corrected chi connectivity index (χ0v) is 20.6. The molecule has 0 unspecified atom stereocenters. The molecular weight excluding hydrogens is 481 g/mol. The van der Waals surface area contributed by atoms with Gasteiger partial charge in [-0.1, -0.05) is 42.5 Å². The molecular formula is C24H29BBrN5O2. The number of nitrogens with zero attached hydrogens (tertiary/aromatic N) is 2. The van der Waals surface area contributed by atoms with Crippen LogP contribution in [0.25, 0.3) is 0 Å². The summed E-state index contributed by atoms with van der Waals surface area (Å²) in [7, 11) is 2.06. The van der Waals surface area contributed by atoms with Crippen LogP contribution in [0.3, 0.4) is 0 Å². The van der Waals surface area contributed by atoms with E-state index >= 15 is 0 Å². The number of carbonyl (C=O) groups excluding carboxylic acids is 1. The van der Waals surface area contributed by atoms with E-state index in [9.17, 15) is 4.79 Å². The first-order valence-electron chi connectivity index (χ1n) is 11.3. The van der Waals surface area contributed by atoms with Gasteiger partial charge in [-0.15, -0.1) is 0 Å². The molecule has 0 aliphatic carbocycles. The number of imidazole rings is 1. The molecule has 3 aromatic rings. The van der Waals surface area contributed by atoms with E-state index < -0.39 is 0 Å². The molecule has 1 aliphatic heterocycles. The summed E-state index contributed by atoms with van der Waals surface area (Å²) in [4.78, 5) is 17.6. The van der Waals surface area contributed by atoms with Crippen molar-refractivity contribution in [1.82, 2.24) is 14.9 Å². The van der Waals surface area contributed by atoms with Gasteiger partial charge < -0.3 is 25.7 Å². The Morgan fingerprint density at radius 3 is 2.85 bits per heavy atom. The van der Waals surface area contributed by atoms with E-state index in [1.165, 1.54) is 11.1 Å². The van der Waals surface area contributed by atoms with Crippen molar-refractivity contribution in [2.45, 2.75) is 32.4 Å². The van der Waals surface area contributed by atoms with Crippen molar-refractivity contribution < 1.29 is 9.53 Å². The predicted molar refractivity (Wildman–Crippen MR) is 137 cm³/mol. The lowest BCUT2D eigenvalue weighted by molar-refractivity contribution is 0.0947. The van der Waals surface area contributed by atoms with Crippen molar-refractivity contribution >= 4 is 41.0 Å². The van der Waals surface area contributed by atoms with Crippen LogP contribution in [0.2, 0.25) is 0 Å². The van der Waals surface area contributed by atoms with E-state index in [0.29, 0.717) is 35.9 Å². The highest BCUT2D eigenvalue weighted by Crippen LogP contribution is 2.27. The molecule has 0 saturated heterocycles. The van der Waals surface area contributed by atoms with E-state index in [1.54, 1.807) is 0 Å². The van der Waals surface area contributed by atoms with Crippen LogP contribution in [0.4, 0.5) is 5.82 Å². The number of anilines is 1. The maximum Gasteiger partial charge on any atom is 0.271 e. The molecule has 2 heterocycles. The summed E-state index contributed by atoms with van der Waals surface area (Å²) in [5.41, 5.74) is 11.5. The summed E-state index contributed by atoms with van der Waals surface area (Å²) in [6.07, 6.45) is 1.65. The Hall–Kier alpha value is -2.78. The van der Waals surface area contributed by atoms with Gasteiger partial charge in [0.05, 0.1) is 13.2 Å². The van der Waals surface area contributed by atoms with Crippen molar-refractivity contribution in [1.29, 1.82) is 0 Å². The zero-order valence-electron chi connectivity index (χ0n) is 19.0. The van der Waals surface area contributed by atoms with E-state index in [4.69, 9.17) is 10.5 Å². The van der Waals surface area contributed by atoms with E-state index in [0.717, 1.165) is 36.2 Å². The molecule has 172 valence electrons. The van der Waals surface area contributed by atoms with Crippen LogP contribution in [0.5, 0.6) is 5.75 Å². The fourth-order valence-electron chi connectivity index (χ4n) is 4.24. The van der Waals surface area contributed by atoms with Gasteiger partial charge in [0.1, 0.15) is 13.6 Å². The topological polar surface area (TPSA) is 94.2 Å². The highest BCUT2D eigenvalue weighted by Gasteiger charge is 2.23. The second-order valence-corrected chi connectivity index (χ2v) is 9.06. The number of benzene rings is 2. The molecule has 1 aliphatic rings. The molecule has 2 aromatic carbocycles. The molecule has 33 heavy (non-hydrogen) atoms. The van der Waals surface area contributed by atoms with Crippen molar-refractivity contribution in [3.05, 3.63) is 69.6 Å². The highest BCUT2D eigenvalue weighted by molar-refractivity contribution is 9.10. The van der Waals surface area contributed by atoms with Gasteiger partial charge in [0.15, 0.2) is 16.2 Å². The first kappa shape index (κ1) is 23.4. The summed E-state index contributed by atoms with van der Waals surface area (Å²) in [6, 6.07) is 14.3. The first-order chi connectivity index (χ1) is 16.0. The second kappa shape index (κ2) is 10.4. The number of hydrogen-bond donors (Lipinski definition) is 3. The molecule has 0 bridgehead atoms. The maximum atomic E-state index is 13.0. The molecule has 0 spiro atoms. The average Bonchev–Trinajstić information content (AvgIpc) is 3.38. The van der Waals surface area contributed by atoms with Gasteiger partial charge in [-0.05, 0) is 51.4 Å². The second-order valence-electron chi connectivity index (χ2n) is 8.35. The van der Waals surface area contributed by atoms with E-state index in [-0.39, 0.29) is 11.9 Å². The molecule has 4 N–H and O–H groups in total. The molecule has 0 saturated carbocycles. The number of ether oxygens (including phenoxy) is 1. The minimum Gasteiger partial charge on any atom is -0.494 e. The molecule has 1 aromatic heterocycles. The minimum atomic E-state index is -0.170. The van der Waals surface area contributed by atoms with Crippen LogP contribution in [-0.2, 0) is 19.4 Å².